The van der Waals surface area contributed by atoms with E-state index in [-0.39, 0.29) is 0 Å². The summed E-state index contributed by atoms with van der Waals surface area (Å²) in [5, 5.41) is 0. The van der Waals surface area contributed by atoms with Gasteiger partial charge in [-0.1, -0.05) is 0 Å². The third-order valence-electron chi connectivity index (χ3n) is 1.35. The van der Waals surface area contributed by atoms with Crippen molar-refractivity contribution in [1.29, 1.82) is 0 Å². The highest BCUT2D eigenvalue weighted by Gasteiger charge is 2.16. The standard InChI is InChI=1S/C7H14O2/c1-6(2)9-7-3-4-8-5-7/h6-7H,3-5H2,1-2H3/t7-/m0/s1. The number of ether oxygens (including phenoxy) is 2. The Morgan fingerprint density at radius 3 is 2.78 bits per heavy atom. The summed E-state index contributed by atoms with van der Waals surface area (Å²) in [4.78, 5) is 0. The quantitative estimate of drug-likeness (QED) is 0.559. The van der Waals surface area contributed by atoms with E-state index in [1.165, 1.54) is 0 Å². The molecule has 0 radical (unpaired) electrons. The van der Waals surface area contributed by atoms with E-state index >= 15 is 0 Å². The van der Waals surface area contributed by atoms with E-state index < -0.39 is 0 Å². The van der Waals surface area contributed by atoms with Gasteiger partial charge in [0.15, 0.2) is 0 Å². The molecule has 9 heavy (non-hydrogen) atoms. The lowest BCUT2D eigenvalue weighted by molar-refractivity contribution is 0.00285. The predicted molar refractivity (Wildman–Crippen MR) is 35.4 cm³/mol. The van der Waals surface area contributed by atoms with Crippen molar-refractivity contribution < 1.29 is 9.47 Å². The third-order valence-corrected chi connectivity index (χ3v) is 1.35. The summed E-state index contributed by atoms with van der Waals surface area (Å²) in [6, 6.07) is 0. The van der Waals surface area contributed by atoms with Crippen molar-refractivity contribution in [3.05, 3.63) is 0 Å². The summed E-state index contributed by atoms with van der Waals surface area (Å²) in [5.74, 6) is 0. The highest BCUT2D eigenvalue weighted by molar-refractivity contribution is 4.63. The molecule has 2 heteroatoms. The molecule has 0 N–H and O–H groups in total. The first-order chi connectivity index (χ1) is 4.29. The van der Waals surface area contributed by atoms with Crippen LogP contribution in [0.5, 0.6) is 0 Å². The van der Waals surface area contributed by atoms with Crippen molar-refractivity contribution in [3.63, 3.8) is 0 Å². The predicted octanol–water partition coefficient (Wildman–Crippen LogP) is 1.20. The molecule has 0 spiro atoms. The van der Waals surface area contributed by atoms with Crippen molar-refractivity contribution in [1.82, 2.24) is 0 Å². The average Bonchev–Trinajstić information content (AvgIpc) is 2.15. The first-order valence-electron chi connectivity index (χ1n) is 3.52. The summed E-state index contributed by atoms with van der Waals surface area (Å²) < 4.78 is 10.6. The third kappa shape index (κ3) is 2.33. The lowest BCUT2D eigenvalue weighted by Crippen LogP contribution is -2.17. The molecule has 54 valence electrons. The highest BCUT2D eigenvalue weighted by Crippen LogP contribution is 2.09. The molecule has 1 saturated heterocycles. The SMILES string of the molecule is CC(C)O[C@H]1CCOC1. The molecule has 1 fully saturated rings. The van der Waals surface area contributed by atoms with Gasteiger partial charge in [0, 0.05) is 6.61 Å². The van der Waals surface area contributed by atoms with Crippen molar-refractivity contribution in [2.75, 3.05) is 13.2 Å². The molecule has 0 aromatic heterocycles. The Bertz CT molecular complexity index is 75.0. The fourth-order valence-corrected chi connectivity index (χ4v) is 1.01. The molecule has 1 rings (SSSR count). The van der Waals surface area contributed by atoms with Crippen LogP contribution in [0.15, 0.2) is 0 Å². The van der Waals surface area contributed by atoms with Crippen molar-refractivity contribution in [2.24, 2.45) is 0 Å². The Morgan fingerprint density at radius 1 is 1.56 bits per heavy atom. The minimum atomic E-state index is 0.344. The molecule has 2 nitrogen and oxygen atoms in total. The lowest BCUT2D eigenvalue weighted by atomic mass is 10.3. The molecule has 1 aliphatic heterocycles. The number of rotatable bonds is 2. The molecule has 0 amide bonds. The summed E-state index contributed by atoms with van der Waals surface area (Å²) in [6.45, 7) is 5.77. The fourth-order valence-electron chi connectivity index (χ4n) is 1.01. The molecular weight excluding hydrogens is 116 g/mol. The molecule has 1 heterocycles. The van der Waals surface area contributed by atoms with E-state index in [9.17, 15) is 0 Å². The Labute approximate surface area is 56.2 Å². The zero-order chi connectivity index (χ0) is 6.69. The Hall–Kier alpha value is -0.0800. The summed E-state index contributed by atoms with van der Waals surface area (Å²) in [7, 11) is 0. The maximum atomic E-state index is 5.49. The van der Waals surface area contributed by atoms with Gasteiger partial charge in [-0.3, -0.25) is 0 Å². The first-order valence-corrected chi connectivity index (χ1v) is 3.52. The zero-order valence-electron chi connectivity index (χ0n) is 6.09. The fraction of sp³-hybridized carbons (Fsp3) is 1.00. The second-order valence-electron chi connectivity index (χ2n) is 2.67. The van der Waals surface area contributed by atoms with Gasteiger partial charge in [-0.15, -0.1) is 0 Å². The molecular formula is C7H14O2. The van der Waals surface area contributed by atoms with Crippen LogP contribution in [0.4, 0.5) is 0 Å². The van der Waals surface area contributed by atoms with Gasteiger partial charge in [-0.2, -0.15) is 0 Å². The summed E-state index contributed by atoms with van der Waals surface area (Å²) in [5.41, 5.74) is 0. The van der Waals surface area contributed by atoms with Crippen LogP contribution < -0.4 is 0 Å². The normalized spacial score (nSPS) is 27.7. The maximum Gasteiger partial charge on any atom is 0.0833 e. The van der Waals surface area contributed by atoms with Crippen LogP contribution in [0.2, 0.25) is 0 Å². The van der Waals surface area contributed by atoms with E-state index in [1.54, 1.807) is 0 Å². The van der Waals surface area contributed by atoms with Gasteiger partial charge in [-0.05, 0) is 20.3 Å². The smallest absolute Gasteiger partial charge is 0.0833 e. The molecule has 0 aromatic carbocycles. The molecule has 0 aromatic rings. The van der Waals surface area contributed by atoms with Crippen molar-refractivity contribution in [3.8, 4) is 0 Å². The second kappa shape index (κ2) is 3.18. The first kappa shape index (κ1) is 7.03. The van der Waals surface area contributed by atoms with E-state index in [2.05, 4.69) is 13.8 Å². The van der Waals surface area contributed by atoms with Gasteiger partial charge < -0.3 is 9.47 Å². The molecule has 0 bridgehead atoms. The summed E-state index contributed by atoms with van der Waals surface area (Å²) >= 11 is 0. The minimum Gasteiger partial charge on any atom is -0.379 e. The van der Waals surface area contributed by atoms with E-state index in [1.807, 2.05) is 0 Å². The second-order valence-corrected chi connectivity index (χ2v) is 2.67. The number of hydrogen-bond acceptors (Lipinski definition) is 2. The van der Waals surface area contributed by atoms with Crippen LogP contribution in [0.1, 0.15) is 20.3 Å². The van der Waals surface area contributed by atoms with Crippen LogP contribution in [0.3, 0.4) is 0 Å². The monoisotopic (exact) mass is 130 g/mol. The largest absolute Gasteiger partial charge is 0.379 e. The van der Waals surface area contributed by atoms with Gasteiger partial charge in [0.1, 0.15) is 0 Å². The molecule has 0 unspecified atom stereocenters. The van der Waals surface area contributed by atoms with Gasteiger partial charge in [0.05, 0.1) is 18.8 Å². The maximum absolute atomic E-state index is 5.49. The van der Waals surface area contributed by atoms with Crippen LogP contribution >= 0.6 is 0 Å². The summed E-state index contributed by atoms with van der Waals surface area (Å²) in [6.07, 6.45) is 1.78. The van der Waals surface area contributed by atoms with E-state index in [0.717, 1.165) is 19.6 Å². The number of hydrogen-bond donors (Lipinski definition) is 0. The van der Waals surface area contributed by atoms with Gasteiger partial charge >= 0.3 is 0 Å². The topological polar surface area (TPSA) is 18.5 Å². The lowest BCUT2D eigenvalue weighted by Gasteiger charge is -2.12. The molecule has 1 atom stereocenters. The Kier molecular flexibility index (Phi) is 2.49. The van der Waals surface area contributed by atoms with Gasteiger partial charge in [0.2, 0.25) is 0 Å². The van der Waals surface area contributed by atoms with Crippen molar-refractivity contribution >= 4 is 0 Å². The molecule has 0 aliphatic carbocycles. The Morgan fingerprint density at radius 2 is 2.33 bits per heavy atom. The van der Waals surface area contributed by atoms with Crippen LogP contribution in [-0.2, 0) is 9.47 Å². The minimum absolute atomic E-state index is 0.344. The van der Waals surface area contributed by atoms with E-state index in [4.69, 9.17) is 9.47 Å². The average molecular weight is 130 g/mol. The zero-order valence-corrected chi connectivity index (χ0v) is 6.09. The molecule has 0 saturated carbocycles. The molecule has 1 aliphatic rings. The van der Waals surface area contributed by atoms with Crippen LogP contribution in [-0.4, -0.2) is 25.4 Å². The highest BCUT2D eigenvalue weighted by atomic mass is 16.5. The van der Waals surface area contributed by atoms with E-state index in [0.29, 0.717) is 12.2 Å². The van der Waals surface area contributed by atoms with Crippen LogP contribution in [0, 0.1) is 0 Å². The Balaban J connectivity index is 2.11. The van der Waals surface area contributed by atoms with Crippen molar-refractivity contribution in [2.45, 2.75) is 32.5 Å². The van der Waals surface area contributed by atoms with Gasteiger partial charge in [-0.25, -0.2) is 0 Å². The van der Waals surface area contributed by atoms with Gasteiger partial charge in [0.25, 0.3) is 0 Å². The van der Waals surface area contributed by atoms with Crippen LogP contribution in [0.25, 0.3) is 0 Å².